The molecular formula is C13H15F3N2O. The predicted octanol–water partition coefficient (Wildman–Crippen LogP) is 2.53. The molecule has 1 atom stereocenters. The summed E-state index contributed by atoms with van der Waals surface area (Å²) in [5, 5.41) is 2.58. The lowest BCUT2D eigenvalue weighted by Gasteiger charge is -2.22. The maximum absolute atomic E-state index is 13.5. The summed E-state index contributed by atoms with van der Waals surface area (Å²) in [4.78, 5) is 13.7. The molecular weight excluding hydrogens is 257 g/mol. The van der Waals surface area contributed by atoms with Gasteiger partial charge in [-0.2, -0.15) is 0 Å². The Morgan fingerprint density at radius 2 is 1.84 bits per heavy atom. The van der Waals surface area contributed by atoms with Gasteiger partial charge in [0, 0.05) is 13.1 Å². The Morgan fingerprint density at radius 3 is 2.47 bits per heavy atom. The Hall–Kier alpha value is -1.72. The second kappa shape index (κ2) is 5.50. The van der Waals surface area contributed by atoms with E-state index in [2.05, 4.69) is 5.32 Å². The van der Waals surface area contributed by atoms with Crippen molar-refractivity contribution in [2.24, 2.45) is 0 Å². The largest absolute Gasteiger partial charge is 0.371 e. The van der Waals surface area contributed by atoms with Gasteiger partial charge in [-0.05, 0) is 31.9 Å². The SMILES string of the molecule is CC(Nc1ccc(F)c(F)c1F)C(=O)N1CCCC1. The normalized spacial score (nSPS) is 16.5. The summed E-state index contributed by atoms with van der Waals surface area (Å²) in [6.07, 6.45) is 1.91. The van der Waals surface area contributed by atoms with E-state index in [4.69, 9.17) is 0 Å². The van der Waals surface area contributed by atoms with Crippen LogP contribution in [0.15, 0.2) is 12.1 Å². The number of nitrogens with one attached hydrogen (secondary N) is 1. The van der Waals surface area contributed by atoms with E-state index in [1.165, 1.54) is 0 Å². The van der Waals surface area contributed by atoms with Crippen molar-refractivity contribution < 1.29 is 18.0 Å². The Kier molecular flexibility index (Phi) is 3.97. The summed E-state index contributed by atoms with van der Waals surface area (Å²) >= 11 is 0. The molecule has 1 unspecified atom stereocenters. The van der Waals surface area contributed by atoms with Crippen molar-refractivity contribution in [2.75, 3.05) is 18.4 Å². The zero-order chi connectivity index (χ0) is 14.0. The monoisotopic (exact) mass is 272 g/mol. The maximum atomic E-state index is 13.5. The van der Waals surface area contributed by atoms with Crippen LogP contribution in [0, 0.1) is 17.5 Å². The summed E-state index contributed by atoms with van der Waals surface area (Å²) in [6, 6.07) is 1.23. The fourth-order valence-electron chi connectivity index (χ4n) is 2.14. The van der Waals surface area contributed by atoms with Gasteiger partial charge >= 0.3 is 0 Å². The second-order valence-electron chi connectivity index (χ2n) is 4.62. The zero-order valence-electron chi connectivity index (χ0n) is 10.5. The number of carbonyl (C=O) groups excluding carboxylic acids is 1. The predicted molar refractivity (Wildman–Crippen MR) is 65.2 cm³/mol. The Labute approximate surface area is 109 Å². The van der Waals surface area contributed by atoms with E-state index < -0.39 is 23.5 Å². The van der Waals surface area contributed by atoms with E-state index >= 15 is 0 Å². The average molecular weight is 272 g/mol. The molecule has 1 aliphatic rings. The molecule has 1 aliphatic heterocycles. The highest BCUT2D eigenvalue weighted by atomic mass is 19.2. The van der Waals surface area contributed by atoms with Gasteiger partial charge in [0.25, 0.3) is 0 Å². The number of hydrogen-bond donors (Lipinski definition) is 1. The summed E-state index contributed by atoms with van der Waals surface area (Å²) in [6.45, 7) is 2.94. The van der Waals surface area contributed by atoms with Crippen LogP contribution < -0.4 is 5.32 Å². The standard InChI is InChI=1S/C13H15F3N2O/c1-8(13(19)18-6-2-3-7-18)17-10-5-4-9(14)11(15)12(10)16/h4-5,8,17H,2-3,6-7H2,1H3. The van der Waals surface area contributed by atoms with E-state index in [-0.39, 0.29) is 11.6 Å². The van der Waals surface area contributed by atoms with Crippen LogP contribution in [0.1, 0.15) is 19.8 Å². The number of nitrogens with zero attached hydrogens (tertiary/aromatic N) is 1. The van der Waals surface area contributed by atoms with Crippen molar-refractivity contribution in [1.29, 1.82) is 0 Å². The first kappa shape index (κ1) is 13.7. The minimum atomic E-state index is -1.54. The number of halogens is 3. The van der Waals surface area contributed by atoms with Crippen LogP contribution in [0.4, 0.5) is 18.9 Å². The molecule has 104 valence electrons. The van der Waals surface area contributed by atoms with Crippen LogP contribution in [0.3, 0.4) is 0 Å². The fraction of sp³-hybridized carbons (Fsp3) is 0.462. The van der Waals surface area contributed by atoms with Gasteiger partial charge in [-0.15, -0.1) is 0 Å². The Morgan fingerprint density at radius 1 is 1.21 bits per heavy atom. The smallest absolute Gasteiger partial charge is 0.244 e. The molecule has 1 amide bonds. The van der Waals surface area contributed by atoms with Crippen LogP contribution in [0.5, 0.6) is 0 Å². The van der Waals surface area contributed by atoms with Crippen molar-refractivity contribution in [2.45, 2.75) is 25.8 Å². The highest BCUT2D eigenvalue weighted by molar-refractivity contribution is 5.84. The van der Waals surface area contributed by atoms with Crippen molar-refractivity contribution in [3.63, 3.8) is 0 Å². The van der Waals surface area contributed by atoms with Crippen LogP contribution in [0.25, 0.3) is 0 Å². The molecule has 0 bridgehead atoms. The number of amides is 1. The molecule has 1 aromatic rings. The van der Waals surface area contributed by atoms with Crippen molar-refractivity contribution in [3.05, 3.63) is 29.6 Å². The first-order chi connectivity index (χ1) is 9.00. The summed E-state index contributed by atoms with van der Waals surface area (Å²) in [5.41, 5.74) is -0.209. The van der Waals surface area contributed by atoms with Gasteiger partial charge in [-0.1, -0.05) is 0 Å². The summed E-state index contributed by atoms with van der Waals surface area (Å²) in [7, 11) is 0. The van der Waals surface area contributed by atoms with E-state index in [0.717, 1.165) is 25.0 Å². The second-order valence-corrected chi connectivity index (χ2v) is 4.62. The number of anilines is 1. The minimum absolute atomic E-state index is 0.165. The van der Waals surface area contributed by atoms with Crippen molar-refractivity contribution in [1.82, 2.24) is 4.90 Å². The lowest BCUT2D eigenvalue weighted by atomic mass is 10.2. The molecule has 1 N–H and O–H groups in total. The van der Waals surface area contributed by atoms with Gasteiger partial charge in [0.2, 0.25) is 5.91 Å². The van der Waals surface area contributed by atoms with Crippen LogP contribution in [-0.4, -0.2) is 29.9 Å². The third-order valence-corrected chi connectivity index (χ3v) is 3.20. The van der Waals surface area contributed by atoms with Gasteiger partial charge < -0.3 is 10.2 Å². The first-order valence-electron chi connectivity index (χ1n) is 6.19. The van der Waals surface area contributed by atoms with Crippen molar-refractivity contribution >= 4 is 11.6 Å². The molecule has 0 saturated carbocycles. The maximum Gasteiger partial charge on any atom is 0.244 e. The fourth-order valence-corrected chi connectivity index (χ4v) is 2.14. The lowest BCUT2D eigenvalue weighted by molar-refractivity contribution is -0.130. The lowest BCUT2D eigenvalue weighted by Crippen LogP contribution is -2.39. The number of benzene rings is 1. The van der Waals surface area contributed by atoms with Crippen LogP contribution >= 0.6 is 0 Å². The molecule has 2 rings (SSSR count). The molecule has 6 heteroatoms. The minimum Gasteiger partial charge on any atom is -0.371 e. The molecule has 1 aromatic carbocycles. The molecule has 1 fully saturated rings. The molecule has 0 spiro atoms. The highest BCUT2D eigenvalue weighted by Gasteiger charge is 2.24. The van der Waals surface area contributed by atoms with E-state index in [0.29, 0.717) is 13.1 Å². The molecule has 1 saturated heterocycles. The summed E-state index contributed by atoms with van der Waals surface area (Å²) < 4.78 is 39.3. The third kappa shape index (κ3) is 2.83. The van der Waals surface area contributed by atoms with E-state index in [1.54, 1.807) is 11.8 Å². The average Bonchev–Trinajstić information content (AvgIpc) is 2.92. The molecule has 19 heavy (non-hydrogen) atoms. The van der Waals surface area contributed by atoms with E-state index in [1.807, 2.05) is 0 Å². The topological polar surface area (TPSA) is 32.3 Å². The van der Waals surface area contributed by atoms with E-state index in [9.17, 15) is 18.0 Å². The highest BCUT2D eigenvalue weighted by Crippen LogP contribution is 2.21. The first-order valence-corrected chi connectivity index (χ1v) is 6.19. The number of likely N-dealkylation sites (tertiary alicyclic amines) is 1. The van der Waals surface area contributed by atoms with Gasteiger partial charge in [0.15, 0.2) is 17.5 Å². The Balaban J connectivity index is 2.08. The Bertz CT molecular complexity index is 487. The van der Waals surface area contributed by atoms with Gasteiger partial charge in [0.1, 0.15) is 6.04 Å². The number of hydrogen-bond acceptors (Lipinski definition) is 2. The van der Waals surface area contributed by atoms with Crippen LogP contribution in [0.2, 0.25) is 0 Å². The van der Waals surface area contributed by atoms with Crippen molar-refractivity contribution in [3.8, 4) is 0 Å². The molecule has 0 aliphatic carbocycles. The quantitative estimate of drug-likeness (QED) is 0.858. The number of carbonyl (C=O) groups is 1. The molecule has 3 nitrogen and oxygen atoms in total. The molecule has 0 radical (unpaired) electrons. The number of rotatable bonds is 3. The summed E-state index contributed by atoms with van der Waals surface area (Å²) in [5.74, 6) is -4.25. The third-order valence-electron chi connectivity index (χ3n) is 3.20. The van der Waals surface area contributed by atoms with Gasteiger partial charge in [0.05, 0.1) is 5.69 Å². The van der Waals surface area contributed by atoms with Gasteiger partial charge in [-0.25, -0.2) is 13.2 Å². The van der Waals surface area contributed by atoms with Gasteiger partial charge in [-0.3, -0.25) is 4.79 Å². The molecule has 0 aromatic heterocycles. The molecule has 1 heterocycles. The zero-order valence-corrected chi connectivity index (χ0v) is 10.5. The van der Waals surface area contributed by atoms with Crippen LogP contribution in [-0.2, 0) is 4.79 Å².